The van der Waals surface area contributed by atoms with Crippen LogP contribution in [0.4, 0.5) is 0 Å². The van der Waals surface area contributed by atoms with Crippen LogP contribution in [0.2, 0.25) is 0 Å². The molecule has 0 spiro atoms. The monoisotopic (exact) mass is 354 g/mol. The van der Waals surface area contributed by atoms with Gasteiger partial charge >= 0.3 is 0 Å². The number of rotatable bonds is 5. The first-order valence-corrected chi connectivity index (χ1v) is 8.02. The molecule has 1 fully saturated rings. The number of ketones is 1. The van der Waals surface area contributed by atoms with E-state index in [-0.39, 0.29) is 24.5 Å². The Morgan fingerprint density at radius 1 is 1.23 bits per heavy atom. The number of carbonyl (C=O) groups is 2. The zero-order valence-electron chi connectivity index (χ0n) is 14.1. The number of methoxy groups -OCH3 is 1. The van der Waals surface area contributed by atoms with Gasteiger partial charge in [-0.1, -0.05) is 6.07 Å². The molecule has 0 radical (unpaired) electrons. The van der Waals surface area contributed by atoms with Crippen LogP contribution in [-0.4, -0.2) is 52.0 Å². The van der Waals surface area contributed by atoms with Crippen molar-refractivity contribution in [1.82, 2.24) is 9.88 Å². The molecule has 26 heavy (non-hydrogen) atoms. The molecule has 0 bridgehead atoms. The molecule has 2 N–H and O–H groups in total. The maximum Gasteiger partial charge on any atom is 0.295 e. The van der Waals surface area contributed by atoms with Crippen LogP contribution in [0, 0.1) is 0 Å². The molecule has 7 nitrogen and oxygen atoms in total. The average Bonchev–Trinajstić information content (AvgIpc) is 2.93. The van der Waals surface area contributed by atoms with Gasteiger partial charge in [0.05, 0.1) is 25.3 Å². The third-order valence-corrected chi connectivity index (χ3v) is 4.24. The van der Waals surface area contributed by atoms with Crippen molar-refractivity contribution in [1.29, 1.82) is 0 Å². The minimum absolute atomic E-state index is 0.0243. The van der Waals surface area contributed by atoms with Crippen molar-refractivity contribution in [2.45, 2.75) is 6.04 Å². The highest BCUT2D eigenvalue weighted by molar-refractivity contribution is 6.46. The largest absolute Gasteiger partial charge is 0.507 e. The molecule has 0 aliphatic carbocycles. The van der Waals surface area contributed by atoms with Crippen LogP contribution < -0.4 is 4.74 Å². The molecule has 1 saturated heterocycles. The lowest BCUT2D eigenvalue weighted by molar-refractivity contribution is -0.140. The van der Waals surface area contributed by atoms with Gasteiger partial charge < -0.3 is 19.8 Å². The Hall–Kier alpha value is -3.19. The maximum atomic E-state index is 12.6. The van der Waals surface area contributed by atoms with E-state index >= 15 is 0 Å². The van der Waals surface area contributed by atoms with E-state index < -0.39 is 17.7 Å². The van der Waals surface area contributed by atoms with Gasteiger partial charge in [-0.2, -0.15) is 0 Å². The summed E-state index contributed by atoms with van der Waals surface area (Å²) in [4.78, 5) is 30.3. The highest BCUT2D eigenvalue weighted by Gasteiger charge is 2.45. The highest BCUT2D eigenvalue weighted by atomic mass is 16.5. The number of likely N-dealkylation sites (tertiary alicyclic amines) is 1. The SMILES string of the molecule is COc1ccc(C(O)=C2C(=O)C(=O)N(CCO)C2c2cccnc2)cc1. The van der Waals surface area contributed by atoms with Gasteiger partial charge in [0.2, 0.25) is 0 Å². The van der Waals surface area contributed by atoms with Crippen LogP contribution >= 0.6 is 0 Å². The highest BCUT2D eigenvalue weighted by Crippen LogP contribution is 2.38. The van der Waals surface area contributed by atoms with Gasteiger partial charge in [-0.25, -0.2) is 0 Å². The van der Waals surface area contributed by atoms with Crippen molar-refractivity contribution in [2.75, 3.05) is 20.3 Å². The molecular formula is C19H18N2O5. The summed E-state index contributed by atoms with van der Waals surface area (Å²) in [6.45, 7) is -0.324. The molecule has 2 heterocycles. The van der Waals surface area contributed by atoms with Gasteiger partial charge in [-0.3, -0.25) is 14.6 Å². The number of ether oxygens (including phenoxy) is 1. The van der Waals surface area contributed by atoms with Crippen LogP contribution in [0.5, 0.6) is 5.75 Å². The summed E-state index contributed by atoms with van der Waals surface area (Å²) < 4.78 is 5.09. The van der Waals surface area contributed by atoms with Crippen LogP contribution in [0.15, 0.2) is 54.4 Å². The lowest BCUT2D eigenvalue weighted by Crippen LogP contribution is -2.32. The second-order valence-electron chi connectivity index (χ2n) is 5.73. The Morgan fingerprint density at radius 3 is 2.54 bits per heavy atom. The first-order valence-electron chi connectivity index (χ1n) is 8.02. The van der Waals surface area contributed by atoms with Gasteiger partial charge in [-0.15, -0.1) is 0 Å². The molecule has 1 unspecified atom stereocenters. The first kappa shape index (κ1) is 17.6. The number of aliphatic hydroxyl groups excluding tert-OH is 2. The van der Waals surface area contributed by atoms with Crippen molar-refractivity contribution in [3.63, 3.8) is 0 Å². The zero-order chi connectivity index (χ0) is 18.7. The normalized spacial score (nSPS) is 19.0. The topological polar surface area (TPSA) is 100.0 Å². The summed E-state index contributed by atoms with van der Waals surface area (Å²) in [5.74, 6) is -1.23. The summed E-state index contributed by atoms with van der Waals surface area (Å²) in [7, 11) is 1.53. The third-order valence-electron chi connectivity index (χ3n) is 4.24. The second-order valence-corrected chi connectivity index (χ2v) is 5.73. The third kappa shape index (κ3) is 3.04. The minimum atomic E-state index is -0.807. The van der Waals surface area contributed by atoms with Gasteiger partial charge in [0, 0.05) is 24.5 Å². The van der Waals surface area contributed by atoms with E-state index in [1.54, 1.807) is 42.6 Å². The lowest BCUT2D eigenvalue weighted by atomic mass is 9.96. The molecular weight excluding hydrogens is 336 g/mol. The molecule has 2 aromatic rings. The molecule has 134 valence electrons. The van der Waals surface area contributed by atoms with Crippen molar-refractivity contribution in [2.24, 2.45) is 0 Å². The van der Waals surface area contributed by atoms with Gasteiger partial charge in [0.15, 0.2) is 0 Å². The van der Waals surface area contributed by atoms with Crippen molar-refractivity contribution < 1.29 is 24.5 Å². The number of aromatic nitrogens is 1. The summed E-state index contributed by atoms with van der Waals surface area (Å²) in [6.07, 6.45) is 3.10. The number of carbonyl (C=O) groups excluding carboxylic acids is 2. The van der Waals surface area contributed by atoms with Gasteiger partial charge in [-0.05, 0) is 35.9 Å². The predicted molar refractivity (Wildman–Crippen MR) is 93.3 cm³/mol. The molecule has 1 amide bonds. The number of pyridine rings is 1. The van der Waals surface area contributed by atoms with E-state index in [0.717, 1.165) is 0 Å². The molecule has 1 aromatic heterocycles. The Morgan fingerprint density at radius 2 is 1.96 bits per heavy atom. The van der Waals surface area contributed by atoms with E-state index in [9.17, 15) is 19.8 Å². The second kappa shape index (κ2) is 7.37. The smallest absolute Gasteiger partial charge is 0.295 e. The lowest BCUT2D eigenvalue weighted by Gasteiger charge is -2.24. The molecule has 1 atom stereocenters. The van der Waals surface area contributed by atoms with Crippen LogP contribution in [0.25, 0.3) is 5.76 Å². The van der Waals surface area contributed by atoms with Crippen molar-refractivity contribution in [3.05, 3.63) is 65.5 Å². The summed E-state index contributed by atoms with van der Waals surface area (Å²) >= 11 is 0. The van der Waals surface area contributed by atoms with E-state index in [0.29, 0.717) is 16.9 Å². The van der Waals surface area contributed by atoms with Crippen LogP contribution in [0.1, 0.15) is 17.2 Å². The van der Waals surface area contributed by atoms with E-state index in [1.807, 2.05) is 0 Å². The fourth-order valence-corrected chi connectivity index (χ4v) is 3.01. The fraction of sp³-hybridized carbons (Fsp3) is 0.211. The van der Waals surface area contributed by atoms with Crippen molar-refractivity contribution >= 4 is 17.4 Å². The number of aliphatic hydroxyl groups is 2. The summed E-state index contributed by atoms with van der Waals surface area (Å²) in [6, 6.07) is 9.10. The summed E-state index contributed by atoms with van der Waals surface area (Å²) in [5, 5.41) is 20.0. The summed E-state index contributed by atoms with van der Waals surface area (Å²) in [5.41, 5.74) is 0.943. The number of benzene rings is 1. The van der Waals surface area contributed by atoms with E-state index in [4.69, 9.17) is 4.74 Å². The number of β-amino-alcohol motifs (C(OH)–C–C–N with tert-alkyl or cyclic N) is 1. The number of hydrogen-bond donors (Lipinski definition) is 2. The van der Waals surface area contributed by atoms with Gasteiger partial charge in [0.25, 0.3) is 11.7 Å². The standard InChI is InChI=1S/C19H18N2O5/c1-26-14-6-4-12(5-7-14)17(23)15-16(13-3-2-8-20-11-13)21(9-10-22)19(25)18(15)24/h2-8,11,16,22-23H,9-10H2,1H3. The number of Topliss-reactive ketones (excluding diaryl/α,β-unsaturated/α-hetero) is 1. The molecule has 1 aliphatic rings. The minimum Gasteiger partial charge on any atom is -0.507 e. The zero-order valence-corrected chi connectivity index (χ0v) is 14.1. The van der Waals surface area contributed by atoms with Crippen LogP contribution in [-0.2, 0) is 9.59 Å². The quantitative estimate of drug-likeness (QED) is 0.480. The van der Waals surface area contributed by atoms with Crippen LogP contribution in [0.3, 0.4) is 0 Å². The Labute approximate surface area is 150 Å². The number of hydrogen-bond acceptors (Lipinski definition) is 6. The van der Waals surface area contributed by atoms with Gasteiger partial charge in [0.1, 0.15) is 11.5 Å². The first-order chi connectivity index (χ1) is 12.6. The maximum absolute atomic E-state index is 12.6. The van der Waals surface area contributed by atoms with Crippen molar-refractivity contribution in [3.8, 4) is 5.75 Å². The average molecular weight is 354 g/mol. The Bertz CT molecular complexity index is 846. The Balaban J connectivity index is 2.14. The molecule has 3 rings (SSSR count). The molecule has 1 aliphatic heterocycles. The number of nitrogens with zero attached hydrogens (tertiary/aromatic N) is 2. The Kier molecular flexibility index (Phi) is 4.99. The molecule has 0 saturated carbocycles. The molecule has 1 aromatic carbocycles. The fourth-order valence-electron chi connectivity index (χ4n) is 3.01. The predicted octanol–water partition coefficient (Wildman–Crippen LogP) is 1.50. The number of amides is 1. The van der Waals surface area contributed by atoms with E-state index in [1.165, 1.54) is 18.2 Å². The molecule has 7 heteroatoms. The van der Waals surface area contributed by atoms with E-state index in [2.05, 4.69) is 4.98 Å².